The van der Waals surface area contributed by atoms with E-state index in [0.29, 0.717) is 25.1 Å². The molecule has 0 saturated carbocycles. The van der Waals surface area contributed by atoms with E-state index < -0.39 is 0 Å². The van der Waals surface area contributed by atoms with E-state index in [4.69, 9.17) is 0 Å². The Kier molecular flexibility index (Phi) is 5.75. The molecule has 0 saturated heterocycles. The molecule has 4 heteroatoms. The van der Waals surface area contributed by atoms with Gasteiger partial charge in [0.25, 0.3) is 5.56 Å². The van der Waals surface area contributed by atoms with Crippen molar-refractivity contribution < 1.29 is 4.79 Å². The lowest BCUT2D eigenvalue weighted by Gasteiger charge is -2.22. The summed E-state index contributed by atoms with van der Waals surface area (Å²) in [7, 11) is 0. The van der Waals surface area contributed by atoms with Crippen molar-refractivity contribution in [2.45, 2.75) is 40.2 Å². The van der Waals surface area contributed by atoms with Gasteiger partial charge in [-0.15, -0.1) is 0 Å². The summed E-state index contributed by atoms with van der Waals surface area (Å²) in [5.41, 5.74) is 4.73. The van der Waals surface area contributed by atoms with Crippen LogP contribution in [-0.2, 0) is 17.8 Å². The molecule has 0 radical (unpaired) electrons. The summed E-state index contributed by atoms with van der Waals surface area (Å²) in [6.07, 6.45) is 1.20. The zero-order valence-electron chi connectivity index (χ0n) is 16.2. The monoisotopic (exact) mass is 362 g/mol. The van der Waals surface area contributed by atoms with Gasteiger partial charge in [0.15, 0.2) is 0 Å². The van der Waals surface area contributed by atoms with Crippen LogP contribution in [0.5, 0.6) is 0 Å². The molecule has 3 aromatic rings. The van der Waals surface area contributed by atoms with E-state index in [0.717, 1.165) is 28.5 Å². The van der Waals surface area contributed by atoms with Crippen molar-refractivity contribution in [1.29, 1.82) is 0 Å². The molecule has 0 fully saturated rings. The Labute approximate surface area is 159 Å². The predicted octanol–water partition coefficient (Wildman–Crippen LogP) is 4.13. The number of aryl methyl sites for hydroxylation is 2. The van der Waals surface area contributed by atoms with Crippen LogP contribution in [-0.4, -0.2) is 22.3 Å². The van der Waals surface area contributed by atoms with Gasteiger partial charge in [0, 0.05) is 23.9 Å². The van der Waals surface area contributed by atoms with E-state index in [9.17, 15) is 9.59 Å². The van der Waals surface area contributed by atoms with Gasteiger partial charge in [-0.05, 0) is 43.0 Å². The predicted molar refractivity (Wildman–Crippen MR) is 110 cm³/mol. The molecule has 2 aromatic carbocycles. The molecule has 0 bridgehead atoms. The normalized spacial score (nSPS) is 10.9. The minimum atomic E-state index is -0.121. The summed E-state index contributed by atoms with van der Waals surface area (Å²) >= 11 is 0. The van der Waals surface area contributed by atoms with Crippen LogP contribution in [0.25, 0.3) is 10.9 Å². The quantitative estimate of drug-likeness (QED) is 0.717. The van der Waals surface area contributed by atoms with Crippen molar-refractivity contribution in [3.63, 3.8) is 0 Å². The molecule has 1 aromatic heterocycles. The Bertz CT molecular complexity index is 1010. The second kappa shape index (κ2) is 8.21. The summed E-state index contributed by atoms with van der Waals surface area (Å²) in [5, 5.41) is 1.04. The molecule has 0 unspecified atom stereocenters. The zero-order valence-corrected chi connectivity index (χ0v) is 16.2. The summed E-state index contributed by atoms with van der Waals surface area (Å²) in [6.45, 7) is 6.81. The number of nitrogens with zero attached hydrogens (tertiary/aromatic N) is 1. The van der Waals surface area contributed by atoms with Crippen molar-refractivity contribution in [2.24, 2.45) is 0 Å². The molecule has 1 heterocycles. The first kappa shape index (κ1) is 18.9. The highest BCUT2D eigenvalue weighted by Crippen LogP contribution is 2.20. The lowest BCUT2D eigenvalue weighted by Crippen LogP contribution is -2.34. The summed E-state index contributed by atoms with van der Waals surface area (Å²) in [6, 6.07) is 16.1. The number of benzene rings is 2. The molecule has 1 amide bonds. The van der Waals surface area contributed by atoms with E-state index in [1.54, 1.807) is 4.90 Å². The van der Waals surface area contributed by atoms with Gasteiger partial charge in [-0.2, -0.15) is 0 Å². The topological polar surface area (TPSA) is 53.2 Å². The maximum absolute atomic E-state index is 12.6. The molecule has 0 aliphatic rings. The van der Waals surface area contributed by atoms with Crippen LogP contribution in [0.2, 0.25) is 0 Å². The van der Waals surface area contributed by atoms with Crippen LogP contribution >= 0.6 is 0 Å². The average molecular weight is 362 g/mol. The smallest absolute Gasteiger partial charge is 0.253 e. The van der Waals surface area contributed by atoms with Gasteiger partial charge in [-0.1, -0.05) is 49.4 Å². The average Bonchev–Trinajstić information content (AvgIpc) is 2.69. The SMILES string of the molecule is CCC(=O)N(CCc1ccccc1)Cc1cc2c(C)ccc(C)c2[nH]c1=O. The Balaban J connectivity index is 1.89. The van der Waals surface area contributed by atoms with Crippen LogP contribution in [0.1, 0.15) is 35.6 Å². The number of carbonyl (C=O) groups is 1. The van der Waals surface area contributed by atoms with Gasteiger partial charge >= 0.3 is 0 Å². The molecule has 3 rings (SSSR count). The Morgan fingerprint density at radius 3 is 2.44 bits per heavy atom. The minimum absolute atomic E-state index is 0.0615. The van der Waals surface area contributed by atoms with Crippen LogP contribution in [0.4, 0.5) is 0 Å². The van der Waals surface area contributed by atoms with Crippen molar-refractivity contribution in [3.05, 3.63) is 81.1 Å². The van der Waals surface area contributed by atoms with E-state index in [-0.39, 0.29) is 11.5 Å². The zero-order chi connectivity index (χ0) is 19.4. The Hall–Kier alpha value is -2.88. The summed E-state index contributed by atoms with van der Waals surface area (Å²) in [5.74, 6) is 0.0615. The molecule has 0 spiro atoms. The Morgan fingerprint density at radius 1 is 1.04 bits per heavy atom. The lowest BCUT2D eigenvalue weighted by atomic mass is 10.0. The fourth-order valence-corrected chi connectivity index (χ4v) is 3.37. The molecular formula is C23H26N2O2. The molecule has 0 aliphatic heterocycles. The third kappa shape index (κ3) is 4.27. The van der Waals surface area contributed by atoms with Crippen molar-refractivity contribution in [3.8, 4) is 0 Å². The minimum Gasteiger partial charge on any atom is -0.338 e. The number of aromatic nitrogens is 1. The number of H-pyrrole nitrogens is 1. The van der Waals surface area contributed by atoms with Crippen LogP contribution in [0.3, 0.4) is 0 Å². The highest BCUT2D eigenvalue weighted by Gasteiger charge is 2.15. The van der Waals surface area contributed by atoms with Gasteiger partial charge in [0.2, 0.25) is 5.91 Å². The number of amides is 1. The second-order valence-corrected chi connectivity index (χ2v) is 7.02. The molecule has 1 N–H and O–H groups in total. The first-order chi connectivity index (χ1) is 13.0. The third-order valence-corrected chi connectivity index (χ3v) is 5.05. The van der Waals surface area contributed by atoms with Gasteiger partial charge in [-0.25, -0.2) is 0 Å². The number of nitrogens with one attached hydrogen (secondary N) is 1. The van der Waals surface area contributed by atoms with Crippen molar-refractivity contribution in [2.75, 3.05) is 6.54 Å². The molecule has 4 nitrogen and oxygen atoms in total. The van der Waals surface area contributed by atoms with Crippen molar-refractivity contribution >= 4 is 16.8 Å². The first-order valence-corrected chi connectivity index (χ1v) is 9.43. The number of carbonyl (C=O) groups excluding carboxylic acids is 1. The maximum Gasteiger partial charge on any atom is 0.253 e. The van der Waals surface area contributed by atoms with Crippen LogP contribution < -0.4 is 5.56 Å². The summed E-state index contributed by atoms with van der Waals surface area (Å²) in [4.78, 5) is 29.9. The van der Waals surface area contributed by atoms with E-state index >= 15 is 0 Å². The third-order valence-electron chi connectivity index (χ3n) is 5.05. The van der Waals surface area contributed by atoms with E-state index in [1.165, 1.54) is 5.56 Å². The molecule has 0 atom stereocenters. The number of hydrogen-bond donors (Lipinski definition) is 1. The number of fused-ring (bicyclic) bond motifs is 1. The van der Waals surface area contributed by atoms with E-state index in [2.05, 4.69) is 23.2 Å². The van der Waals surface area contributed by atoms with Crippen molar-refractivity contribution in [1.82, 2.24) is 9.88 Å². The van der Waals surface area contributed by atoms with E-state index in [1.807, 2.05) is 51.1 Å². The number of aromatic amines is 1. The van der Waals surface area contributed by atoms with Gasteiger partial charge in [0.05, 0.1) is 12.1 Å². The van der Waals surface area contributed by atoms with Crippen LogP contribution in [0.15, 0.2) is 53.3 Å². The molecular weight excluding hydrogens is 336 g/mol. The van der Waals surface area contributed by atoms with Gasteiger partial charge < -0.3 is 9.88 Å². The Morgan fingerprint density at radius 2 is 1.74 bits per heavy atom. The molecule has 0 aliphatic carbocycles. The highest BCUT2D eigenvalue weighted by molar-refractivity contribution is 5.85. The largest absolute Gasteiger partial charge is 0.338 e. The number of hydrogen-bond acceptors (Lipinski definition) is 2. The lowest BCUT2D eigenvalue weighted by molar-refractivity contribution is -0.131. The second-order valence-electron chi connectivity index (χ2n) is 7.02. The van der Waals surface area contributed by atoms with Gasteiger partial charge in [0.1, 0.15) is 0 Å². The highest BCUT2D eigenvalue weighted by atomic mass is 16.2. The first-order valence-electron chi connectivity index (χ1n) is 9.43. The molecule has 140 valence electrons. The number of rotatable bonds is 6. The standard InChI is InChI=1S/C23H26N2O2/c1-4-21(26)25(13-12-18-8-6-5-7-9-18)15-19-14-20-16(2)10-11-17(3)22(20)24-23(19)27/h5-11,14H,4,12-13,15H2,1-3H3,(H,24,27). The van der Waals surface area contributed by atoms with Crippen LogP contribution in [0, 0.1) is 13.8 Å². The fraction of sp³-hybridized carbons (Fsp3) is 0.304. The maximum atomic E-state index is 12.6. The van der Waals surface area contributed by atoms with Gasteiger partial charge in [-0.3, -0.25) is 9.59 Å². The summed E-state index contributed by atoms with van der Waals surface area (Å²) < 4.78 is 0. The fourth-order valence-electron chi connectivity index (χ4n) is 3.37. The molecule has 27 heavy (non-hydrogen) atoms. The number of pyridine rings is 1.